The summed E-state index contributed by atoms with van der Waals surface area (Å²) in [7, 11) is 0. The molecule has 0 aliphatic carbocycles. The molecule has 3 aromatic carbocycles. The summed E-state index contributed by atoms with van der Waals surface area (Å²) in [4.78, 5) is 12.1. The first-order valence-corrected chi connectivity index (χ1v) is 9.76. The molecule has 0 atom stereocenters. The summed E-state index contributed by atoms with van der Waals surface area (Å²) in [6.07, 6.45) is 0. The van der Waals surface area contributed by atoms with E-state index in [-0.39, 0.29) is 12.5 Å². The highest BCUT2D eigenvalue weighted by molar-refractivity contribution is 5.77. The van der Waals surface area contributed by atoms with E-state index in [2.05, 4.69) is 17.4 Å². The summed E-state index contributed by atoms with van der Waals surface area (Å²) in [5, 5.41) is 2.89. The number of benzene rings is 3. The Morgan fingerprint density at radius 2 is 1.48 bits per heavy atom. The van der Waals surface area contributed by atoms with Crippen LogP contribution in [-0.4, -0.2) is 12.5 Å². The van der Waals surface area contributed by atoms with Crippen molar-refractivity contribution >= 4 is 5.91 Å². The Bertz CT molecular complexity index is 921. The topological polar surface area (TPSA) is 47.6 Å². The van der Waals surface area contributed by atoms with Crippen molar-refractivity contribution in [3.63, 3.8) is 0 Å². The first kappa shape index (κ1) is 20.6. The highest BCUT2D eigenvalue weighted by Crippen LogP contribution is 2.18. The van der Waals surface area contributed by atoms with Gasteiger partial charge in [-0.25, -0.2) is 0 Å². The molecule has 3 rings (SSSR count). The lowest BCUT2D eigenvalue weighted by atomic mass is 10.1. The van der Waals surface area contributed by atoms with E-state index in [0.717, 1.165) is 28.0 Å². The maximum Gasteiger partial charge on any atom is 0.258 e. The molecule has 1 amide bonds. The van der Waals surface area contributed by atoms with Gasteiger partial charge in [0.15, 0.2) is 6.61 Å². The van der Waals surface area contributed by atoms with Crippen LogP contribution in [0.15, 0.2) is 72.8 Å². The third kappa shape index (κ3) is 6.77. The zero-order valence-corrected chi connectivity index (χ0v) is 17.0. The van der Waals surface area contributed by atoms with Crippen molar-refractivity contribution in [1.29, 1.82) is 0 Å². The number of amides is 1. The molecular weight excluding hydrogens is 362 g/mol. The van der Waals surface area contributed by atoms with Gasteiger partial charge >= 0.3 is 0 Å². The minimum absolute atomic E-state index is 0.00924. The largest absolute Gasteiger partial charge is 0.484 e. The summed E-state index contributed by atoms with van der Waals surface area (Å²) in [5.41, 5.74) is 5.51. The summed E-state index contributed by atoms with van der Waals surface area (Å²) in [6.45, 7) is 5.65. The van der Waals surface area contributed by atoms with Gasteiger partial charge in [-0.3, -0.25) is 4.79 Å². The minimum atomic E-state index is -0.139. The fourth-order valence-corrected chi connectivity index (χ4v) is 2.97. The molecule has 0 radical (unpaired) electrons. The Labute approximate surface area is 172 Å². The van der Waals surface area contributed by atoms with Crippen LogP contribution < -0.4 is 10.1 Å². The molecule has 29 heavy (non-hydrogen) atoms. The van der Waals surface area contributed by atoms with Crippen LogP contribution in [0.25, 0.3) is 0 Å². The Morgan fingerprint density at radius 3 is 2.17 bits per heavy atom. The predicted molar refractivity (Wildman–Crippen MR) is 115 cm³/mol. The predicted octanol–water partition coefficient (Wildman–Crippen LogP) is 4.72. The summed E-state index contributed by atoms with van der Waals surface area (Å²) in [5.74, 6) is 0.603. The molecule has 3 aromatic rings. The van der Waals surface area contributed by atoms with Crippen LogP contribution in [0, 0.1) is 13.8 Å². The zero-order chi connectivity index (χ0) is 20.5. The van der Waals surface area contributed by atoms with Crippen molar-refractivity contribution in [2.45, 2.75) is 33.6 Å². The molecule has 0 saturated heterocycles. The Hall–Kier alpha value is -3.11. The number of hydrogen-bond acceptors (Lipinski definition) is 3. The quantitative estimate of drug-likeness (QED) is 0.576. The van der Waals surface area contributed by atoms with Crippen LogP contribution in [-0.2, 0) is 29.3 Å². The SMILES string of the molecule is Cc1ccc(OCC(=O)NCc2ccc(COCc3ccccc3)cc2)c(C)c1. The minimum Gasteiger partial charge on any atom is -0.484 e. The van der Waals surface area contributed by atoms with Crippen molar-refractivity contribution in [1.82, 2.24) is 5.32 Å². The van der Waals surface area contributed by atoms with E-state index in [4.69, 9.17) is 9.47 Å². The fraction of sp³-hybridized carbons (Fsp3) is 0.240. The molecule has 0 unspecified atom stereocenters. The number of rotatable bonds is 9. The molecule has 0 aliphatic rings. The van der Waals surface area contributed by atoms with Gasteiger partial charge < -0.3 is 14.8 Å². The van der Waals surface area contributed by atoms with Crippen molar-refractivity contribution in [3.8, 4) is 5.75 Å². The molecular formula is C25H27NO3. The van der Waals surface area contributed by atoms with Gasteiger partial charge in [0.05, 0.1) is 13.2 Å². The van der Waals surface area contributed by atoms with Gasteiger partial charge in [-0.15, -0.1) is 0 Å². The summed E-state index contributed by atoms with van der Waals surface area (Å²) >= 11 is 0. The number of aryl methyl sites for hydroxylation is 2. The highest BCUT2D eigenvalue weighted by Gasteiger charge is 2.05. The molecule has 4 heteroatoms. The van der Waals surface area contributed by atoms with Crippen molar-refractivity contribution < 1.29 is 14.3 Å². The van der Waals surface area contributed by atoms with Crippen LogP contribution >= 0.6 is 0 Å². The average Bonchev–Trinajstić information content (AvgIpc) is 2.73. The van der Waals surface area contributed by atoms with E-state index in [1.54, 1.807) is 0 Å². The van der Waals surface area contributed by atoms with Gasteiger partial charge in [-0.2, -0.15) is 0 Å². The fourth-order valence-electron chi connectivity index (χ4n) is 2.97. The molecule has 0 saturated carbocycles. The van der Waals surface area contributed by atoms with Gasteiger partial charge in [0.2, 0.25) is 0 Å². The Morgan fingerprint density at radius 1 is 0.828 bits per heavy atom. The van der Waals surface area contributed by atoms with Crippen molar-refractivity contribution in [2.75, 3.05) is 6.61 Å². The van der Waals surface area contributed by atoms with E-state index >= 15 is 0 Å². The van der Waals surface area contributed by atoms with E-state index < -0.39 is 0 Å². The standard InChI is InChI=1S/C25H27NO3/c1-19-8-13-24(20(2)14-19)29-18-25(27)26-15-21-9-11-23(12-10-21)17-28-16-22-6-4-3-5-7-22/h3-14H,15-18H2,1-2H3,(H,26,27). The first-order valence-electron chi connectivity index (χ1n) is 9.76. The van der Waals surface area contributed by atoms with E-state index in [0.29, 0.717) is 19.8 Å². The van der Waals surface area contributed by atoms with E-state index in [9.17, 15) is 4.79 Å². The second kappa shape index (κ2) is 10.4. The maximum atomic E-state index is 12.1. The molecule has 4 nitrogen and oxygen atoms in total. The lowest BCUT2D eigenvalue weighted by Crippen LogP contribution is -2.28. The van der Waals surface area contributed by atoms with Gasteiger partial charge in [0, 0.05) is 6.54 Å². The smallest absolute Gasteiger partial charge is 0.258 e. The third-order valence-corrected chi connectivity index (χ3v) is 4.58. The molecule has 0 aliphatic heterocycles. The summed E-state index contributed by atoms with van der Waals surface area (Å²) < 4.78 is 11.4. The maximum absolute atomic E-state index is 12.1. The van der Waals surface area contributed by atoms with E-state index in [1.165, 1.54) is 5.56 Å². The van der Waals surface area contributed by atoms with Gasteiger partial charge in [0.25, 0.3) is 5.91 Å². The normalized spacial score (nSPS) is 10.6. The van der Waals surface area contributed by atoms with Crippen LogP contribution in [0.2, 0.25) is 0 Å². The first-order chi connectivity index (χ1) is 14.1. The Kier molecular flexibility index (Phi) is 7.42. The number of hydrogen-bond donors (Lipinski definition) is 1. The van der Waals surface area contributed by atoms with Gasteiger partial charge in [0.1, 0.15) is 5.75 Å². The van der Waals surface area contributed by atoms with Crippen LogP contribution in [0.3, 0.4) is 0 Å². The molecule has 1 N–H and O–H groups in total. The van der Waals surface area contributed by atoms with Crippen molar-refractivity contribution in [3.05, 3.63) is 101 Å². The lowest BCUT2D eigenvalue weighted by Gasteiger charge is -2.10. The summed E-state index contributed by atoms with van der Waals surface area (Å²) in [6, 6.07) is 24.1. The number of carbonyl (C=O) groups excluding carboxylic acids is 1. The van der Waals surface area contributed by atoms with Crippen LogP contribution in [0.5, 0.6) is 5.75 Å². The number of ether oxygens (including phenoxy) is 2. The molecule has 0 aromatic heterocycles. The highest BCUT2D eigenvalue weighted by atomic mass is 16.5. The zero-order valence-electron chi connectivity index (χ0n) is 17.0. The molecule has 0 heterocycles. The van der Waals surface area contributed by atoms with Crippen molar-refractivity contribution in [2.24, 2.45) is 0 Å². The average molecular weight is 389 g/mol. The second-order valence-corrected chi connectivity index (χ2v) is 7.13. The number of nitrogens with one attached hydrogen (secondary N) is 1. The van der Waals surface area contributed by atoms with Crippen LogP contribution in [0.4, 0.5) is 0 Å². The Balaban J connectivity index is 1.38. The third-order valence-electron chi connectivity index (χ3n) is 4.58. The molecule has 150 valence electrons. The van der Waals surface area contributed by atoms with Gasteiger partial charge in [-0.1, -0.05) is 72.3 Å². The number of carbonyl (C=O) groups is 1. The van der Waals surface area contributed by atoms with Crippen LogP contribution in [0.1, 0.15) is 27.8 Å². The molecule has 0 fully saturated rings. The molecule has 0 bridgehead atoms. The monoisotopic (exact) mass is 389 g/mol. The second-order valence-electron chi connectivity index (χ2n) is 7.13. The van der Waals surface area contributed by atoms with Gasteiger partial charge in [-0.05, 0) is 42.2 Å². The molecule has 0 spiro atoms. The van der Waals surface area contributed by atoms with E-state index in [1.807, 2.05) is 74.5 Å². The lowest BCUT2D eigenvalue weighted by molar-refractivity contribution is -0.123.